The number of hydrogen-bond donors (Lipinski definition) is 1. The van der Waals surface area contributed by atoms with Crippen LogP contribution in [0.25, 0.3) is 0 Å². The summed E-state index contributed by atoms with van der Waals surface area (Å²) in [6, 6.07) is 0.0512. The summed E-state index contributed by atoms with van der Waals surface area (Å²) >= 11 is 0. The average Bonchev–Trinajstić information content (AvgIpc) is 2.63. The van der Waals surface area contributed by atoms with Gasteiger partial charge in [-0.1, -0.05) is 26.2 Å². The van der Waals surface area contributed by atoms with Crippen molar-refractivity contribution in [2.75, 3.05) is 20.2 Å². The second-order valence-electron chi connectivity index (χ2n) is 6.23. The van der Waals surface area contributed by atoms with E-state index in [9.17, 15) is 4.79 Å². The van der Waals surface area contributed by atoms with E-state index in [2.05, 4.69) is 6.92 Å². The van der Waals surface area contributed by atoms with Crippen molar-refractivity contribution >= 4 is 5.91 Å². The molecule has 110 valence electrons. The summed E-state index contributed by atoms with van der Waals surface area (Å²) in [7, 11) is 1.74. The number of methoxy groups -OCH3 is 1. The van der Waals surface area contributed by atoms with E-state index in [-0.39, 0.29) is 24.0 Å². The number of carbonyl (C=O) groups excluding carboxylic acids is 1. The number of nitrogens with zero attached hydrogens (tertiary/aromatic N) is 1. The molecule has 1 amide bonds. The van der Waals surface area contributed by atoms with Crippen molar-refractivity contribution in [3.63, 3.8) is 0 Å². The molecule has 1 aliphatic heterocycles. The van der Waals surface area contributed by atoms with Gasteiger partial charge in [-0.2, -0.15) is 0 Å². The fourth-order valence-electron chi connectivity index (χ4n) is 3.42. The largest absolute Gasteiger partial charge is 0.379 e. The molecule has 19 heavy (non-hydrogen) atoms. The van der Waals surface area contributed by atoms with E-state index in [1.54, 1.807) is 7.11 Å². The zero-order valence-corrected chi connectivity index (χ0v) is 12.3. The van der Waals surface area contributed by atoms with Crippen LogP contribution < -0.4 is 5.73 Å². The van der Waals surface area contributed by atoms with Gasteiger partial charge in [0.1, 0.15) is 0 Å². The molecule has 0 aromatic heterocycles. The van der Waals surface area contributed by atoms with Crippen molar-refractivity contribution in [3.8, 4) is 0 Å². The van der Waals surface area contributed by atoms with E-state index < -0.39 is 0 Å². The van der Waals surface area contributed by atoms with Gasteiger partial charge in [0.05, 0.1) is 12.0 Å². The van der Waals surface area contributed by atoms with Crippen LogP contribution in [0.2, 0.25) is 0 Å². The number of hydrogen-bond acceptors (Lipinski definition) is 3. The van der Waals surface area contributed by atoms with Crippen LogP contribution >= 0.6 is 0 Å². The maximum atomic E-state index is 12.7. The number of nitrogens with two attached hydrogens (primary N) is 1. The standard InChI is InChI=1S/C15H28N2O2/c1-11-8-9-17(10-14(11)19-2)15(18)12-6-4-3-5-7-13(12)16/h11-14H,3-10,16H2,1-2H3. The number of likely N-dealkylation sites (tertiary alicyclic amines) is 1. The maximum Gasteiger partial charge on any atom is 0.227 e. The maximum absolute atomic E-state index is 12.7. The molecular weight excluding hydrogens is 240 g/mol. The van der Waals surface area contributed by atoms with E-state index in [4.69, 9.17) is 10.5 Å². The Hall–Kier alpha value is -0.610. The predicted octanol–water partition coefficient (Wildman–Crippen LogP) is 1.78. The smallest absolute Gasteiger partial charge is 0.227 e. The van der Waals surface area contributed by atoms with Gasteiger partial charge in [0.2, 0.25) is 5.91 Å². The van der Waals surface area contributed by atoms with Crippen LogP contribution in [0.4, 0.5) is 0 Å². The summed E-state index contributed by atoms with van der Waals surface area (Å²) in [5.74, 6) is 0.841. The van der Waals surface area contributed by atoms with Gasteiger partial charge in [-0.25, -0.2) is 0 Å². The molecule has 0 radical (unpaired) electrons. The predicted molar refractivity (Wildman–Crippen MR) is 75.7 cm³/mol. The van der Waals surface area contributed by atoms with Crippen LogP contribution in [0.1, 0.15) is 45.4 Å². The minimum Gasteiger partial charge on any atom is -0.379 e. The van der Waals surface area contributed by atoms with E-state index in [0.29, 0.717) is 5.92 Å². The third-order valence-electron chi connectivity index (χ3n) is 4.89. The van der Waals surface area contributed by atoms with Gasteiger partial charge >= 0.3 is 0 Å². The average molecular weight is 268 g/mol. The zero-order chi connectivity index (χ0) is 13.8. The van der Waals surface area contributed by atoms with Gasteiger partial charge in [0.25, 0.3) is 0 Å². The first-order valence-corrected chi connectivity index (χ1v) is 7.70. The molecule has 1 saturated carbocycles. The number of piperidine rings is 1. The summed E-state index contributed by atoms with van der Waals surface area (Å²) in [5, 5.41) is 0. The molecule has 4 nitrogen and oxygen atoms in total. The first-order chi connectivity index (χ1) is 9.13. The van der Waals surface area contributed by atoms with Crippen LogP contribution in [0.3, 0.4) is 0 Å². The Bertz CT molecular complexity index is 309. The third-order valence-corrected chi connectivity index (χ3v) is 4.89. The van der Waals surface area contributed by atoms with Gasteiger partial charge in [0, 0.05) is 26.2 Å². The Labute approximate surface area is 116 Å². The lowest BCUT2D eigenvalue weighted by atomic mass is 9.90. The molecule has 1 aliphatic carbocycles. The van der Waals surface area contributed by atoms with E-state index in [1.807, 2.05) is 4.90 Å². The molecule has 0 bridgehead atoms. The Balaban J connectivity index is 1.98. The molecule has 2 N–H and O–H groups in total. The summed E-state index contributed by atoms with van der Waals surface area (Å²) in [6.07, 6.45) is 6.70. The Kier molecular flexibility index (Phi) is 5.22. The minimum atomic E-state index is 0.0356. The Morgan fingerprint density at radius 1 is 1.21 bits per heavy atom. The van der Waals surface area contributed by atoms with E-state index in [0.717, 1.165) is 38.8 Å². The highest BCUT2D eigenvalue weighted by molar-refractivity contribution is 5.79. The topological polar surface area (TPSA) is 55.6 Å². The van der Waals surface area contributed by atoms with Gasteiger partial charge in [-0.05, 0) is 25.2 Å². The van der Waals surface area contributed by atoms with E-state index in [1.165, 1.54) is 12.8 Å². The second-order valence-corrected chi connectivity index (χ2v) is 6.23. The molecule has 2 aliphatic rings. The number of carbonyl (C=O) groups is 1. The van der Waals surface area contributed by atoms with Crippen molar-refractivity contribution in [2.24, 2.45) is 17.6 Å². The fourth-order valence-corrected chi connectivity index (χ4v) is 3.42. The highest BCUT2D eigenvalue weighted by atomic mass is 16.5. The zero-order valence-electron chi connectivity index (χ0n) is 12.3. The Morgan fingerprint density at radius 2 is 1.95 bits per heavy atom. The number of ether oxygens (including phenoxy) is 1. The quantitative estimate of drug-likeness (QED) is 0.777. The summed E-state index contributed by atoms with van der Waals surface area (Å²) in [5.41, 5.74) is 6.20. The number of amides is 1. The van der Waals surface area contributed by atoms with Crippen molar-refractivity contribution in [1.82, 2.24) is 4.90 Å². The van der Waals surface area contributed by atoms with Gasteiger partial charge in [0.15, 0.2) is 0 Å². The Morgan fingerprint density at radius 3 is 2.68 bits per heavy atom. The van der Waals surface area contributed by atoms with Crippen LogP contribution in [-0.4, -0.2) is 43.2 Å². The monoisotopic (exact) mass is 268 g/mol. The molecule has 0 aromatic carbocycles. The molecule has 1 saturated heterocycles. The van der Waals surface area contributed by atoms with Crippen molar-refractivity contribution in [3.05, 3.63) is 0 Å². The van der Waals surface area contributed by atoms with E-state index >= 15 is 0 Å². The molecule has 4 unspecified atom stereocenters. The van der Waals surface area contributed by atoms with Crippen molar-refractivity contribution in [1.29, 1.82) is 0 Å². The first kappa shape index (κ1) is 14.8. The van der Waals surface area contributed by atoms with Crippen LogP contribution in [0.15, 0.2) is 0 Å². The summed E-state index contributed by atoms with van der Waals surface area (Å²) in [4.78, 5) is 14.7. The molecular formula is C15H28N2O2. The first-order valence-electron chi connectivity index (χ1n) is 7.70. The highest BCUT2D eigenvalue weighted by Gasteiger charge is 2.34. The lowest BCUT2D eigenvalue weighted by molar-refractivity contribution is -0.141. The summed E-state index contributed by atoms with van der Waals surface area (Å²) in [6.45, 7) is 3.80. The van der Waals surface area contributed by atoms with Crippen LogP contribution in [0, 0.1) is 11.8 Å². The van der Waals surface area contributed by atoms with Crippen molar-refractivity contribution < 1.29 is 9.53 Å². The third kappa shape index (κ3) is 3.48. The molecule has 0 spiro atoms. The molecule has 0 aromatic rings. The number of rotatable bonds is 2. The van der Waals surface area contributed by atoms with Crippen LogP contribution in [-0.2, 0) is 9.53 Å². The van der Waals surface area contributed by atoms with Gasteiger partial charge in [-0.15, -0.1) is 0 Å². The highest BCUT2D eigenvalue weighted by Crippen LogP contribution is 2.27. The lowest BCUT2D eigenvalue weighted by Gasteiger charge is -2.38. The van der Waals surface area contributed by atoms with Gasteiger partial charge < -0.3 is 15.4 Å². The molecule has 2 rings (SSSR count). The lowest BCUT2D eigenvalue weighted by Crippen LogP contribution is -2.51. The second kappa shape index (κ2) is 6.71. The molecule has 1 heterocycles. The minimum absolute atomic E-state index is 0.0356. The molecule has 4 atom stereocenters. The SMILES string of the molecule is COC1CN(C(=O)C2CCCCCC2N)CCC1C. The van der Waals surface area contributed by atoms with Crippen LogP contribution in [0.5, 0.6) is 0 Å². The molecule has 2 fully saturated rings. The molecule has 4 heteroatoms. The summed E-state index contributed by atoms with van der Waals surface area (Å²) < 4.78 is 5.50. The van der Waals surface area contributed by atoms with Gasteiger partial charge in [-0.3, -0.25) is 4.79 Å². The normalized spacial score (nSPS) is 36.9. The fraction of sp³-hybridized carbons (Fsp3) is 0.933. The van der Waals surface area contributed by atoms with Crippen molar-refractivity contribution in [2.45, 2.75) is 57.6 Å².